The molecular formula is C17H15Cl2NO. The van der Waals surface area contributed by atoms with Crippen LogP contribution < -0.4 is 5.32 Å². The van der Waals surface area contributed by atoms with Crippen molar-refractivity contribution in [3.63, 3.8) is 0 Å². The molecule has 4 heteroatoms. The molecule has 0 heterocycles. The minimum atomic E-state index is -0.00964. The van der Waals surface area contributed by atoms with Crippen molar-refractivity contribution in [1.82, 2.24) is 5.32 Å². The number of carbonyl (C=O) groups is 1. The largest absolute Gasteiger partial charge is 0.349 e. The third-order valence-corrected chi connectivity index (χ3v) is 4.68. The average Bonchev–Trinajstić information content (AvgIpc) is 2.80. The molecule has 2 aromatic carbocycles. The minimum Gasteiger partial charge on any atom is -0.349 e. The molecule has 0 aliphatic heterocycles. The van der Waals surface area contributed by atoms with E-state index in [1.807, 2.05) is 30.3 Å². The van der Waals surface area contributed by atoms with Gasteiger partial charge in [0.1, 0.15) is 0 Å². The van der Waals surface area contributed by atoms with E-state index in [9.17, 15) is 4.79 Å². The van der Waals surface area contributed by atoms with E-state index in [4.69, 9.17) is 23.2 Å². The molecule has 0 bridgehead atoms. The fourth-order valence-corrected chi connectivity index (χ4v) is 3.37. The molecule has 0 spiro atoms. The smallest absolute Gasteiger partial charge is 0.217 e. The van der Waals surface area contributed by atoms with Crippen LogP contribution in [0.25, 0.3) is 0 Å². The molecule has 2 unspecified atom stereocenters. The van der Waals surface area contributed by atoms with Gasteiger partial charge in [0.25, 0.3) is 0 Å². The number of rotatable bonds is 2. The SMILES string of the molecule is CC(=O)NC1CC(c2ccc(Cl)c(Cl)c2)c2ccccc21. The molecule has 1 aliphatic carbocycles. The van der Waals surface area contributed by atoms with Crippen LogP contribution in [-0.4, -0.2) is 5.91 Å². The average molecular weight is 320 g/mol. The fourth-order valence-electron chi connectivity index (χ4n) is 3.06. The van der Waals surface area contributed by atoms with Crippen LogP contribution in [0.1, 0.15) is 42.0 Å². The van der Waals surface area contributed by atoms with E-state index >= 15 is 0 Å². The van der Waals surface area contributed by atoms with Gasteiger partial charge in [0.2, 0.25) is 5.91 Å². The number of halogens is 2. The Kier molecular flexibility index (Phi) is 3.92. The number of hydrogen-bond acceptors (Lipinski definition) is 1. The maximum absolute atomic E-state index is 11.4. The van der Waals surface area contributed by atoms with Gasteiger partial charge < -0.3 is 5.32 Å². The first-order chi connectivity index (χ1) is 10.1. The van der Waals surface area contributed by atoms with Crippen LogP contribution >= 0.6 is 23.2 Å². The highest BCUT2D eigenvalue weighted by molar-refractivity contribution is 6.42. The maximum Gasteiger partial charge on any atom is 0.217 e. The van der Waals surface area contributed by atoms with Gasteiger partial charge in [-0.1, -0.05) is 53.5 Å². The van der Waals surface area contributed by atoms with E-state index in [0.29, 0.717) is 10.0 Å². The number of benzene rings is 2. The third-order valence-electron chi connectivity index (χ3n) is 3.94. The van der Waals surface area contributed by atoms with E-state index in [-0.39, 0.29) is 17.9 Å². The van der Waals surface area contributed by atoms with Crippen LogP contribution in [0.15, 0.2) is 42.5 Å². The fraction of sp³-hybridized carbons (Fsp3) is 0.235. The quantitative estimate of drug-likeness (QED) is 0.853. The molecule has 2 nitrogen and oxygen atoms in total. The summed E-state index contributed by atoms with van der Waals surface area (Å²) in [5, 5.41) is 4.15. The molecule has 108 valence electrons. The van der Waals surface area contributed by atoms with Crippen LogP contribution in [0, 0.1) is 0 Å². The first-order valence-corrected chi connectivity index (χ1v) is 7.62. The molecule has 3 rings (SSSR count). The molecule has 0 saturated carbocycles. The Labute approximate surface area is 134 Å². The number of nitrogens with one attached hydrogen (secondary N) is 1. The number of amides is 1. The van der Waals surface area contributed by atoms with Gasteiger partial charge in [0, 0.05) is 12.8 Å². The van der Waals surface area contributed by atoms with Crippen molar-refractivity contribution in [3.05, 3.63) is 69.2 Å². The minimum absolute atomic E-state index is 0.00964. The lowest BCUT2D eigenvalue weighted by molar-refractivity contribution is -0.119. The van der Waals surface area contributed by atoms with Gasteiger partial charge in [-0.2, -0.15) is 0 Å². The molecule has 1 N–H and O–H groups in total. The highest BCUT2D eigenvalue weighted by atomic mass is 35.5. The maximum atomic E-state index is 11.4. The van der Waals surface area contributed by atoms with Gasteiger partial charge in [0.05, 0.1) is 16.1 Å². The predicted octanol–water partition coefficient (Wildman–Crippen LogP) is 4.71. The molecule has 1 aliphatic rings. The van der Waals surface area contributed by atoms with E-state index < -0.39 is 0 Å². The van der Waals surface area contributed by atoms with Crippen molar-refractivity contribution in [2.24, 2.45) is 0 Å². The number of fused-ring (bicyclic) bond motifs is 1. The van der Waals surface area contributed by atoms with Crippen LogP contribution in [0.3, 0.4) is 0 Å². The molecule has 1 amide bonds. The van der Waals surface area contributed by atoms with Crippen molar-refractivity contribution in [3.8, 4) is 0 Å². The van der Waals surface area contributed by atoms with Gasteiger partial charge in [-0.15, -0.1) is 0 Å². The zero-order chi connectivity index (χ0) is 15.0. The van der Waals surface area contributed by atoms with Crippen LogP contribution in [0.5, 0.6) is 0 Å². The Hall–Kier alpha value is -1.51. The Morgan fingerprint density at radius 3 is 2.48 bits per heavy atom. The van der Waals surface area contributed by atoms with Gasteiger partial charge in [-0.3, -0.25) is 4.79 Å². The first-order valence-electron chi connectivity index (χ1n) is 6.87. The molecule has 0 saturated heterocycles. The second kappa shape index (κ2) is 5.70. The Balaban J connectivity index is 2.00. The summed E-state index contributed by atoms with van der Waals surface area (Å²) in [7, 11) is 0. The first kappa shape index (κ1) is 14.4. The van der Waals surface area contributed by atoms with Crippen LogP contribution in [0.4, 0.5) is 0 Å². The lowest BCUT2D eigenvalue weighted by Gasteiger charge is -2.14. The summed E-state index contributed by atoms with van der Waals surface area (Å²) in [6.45, 7) is 1.55. The highest BCUT2D eigenvalue weighted by Gasteiger charge is 2.32. The van der Waals surface area contributed by atoms with E-state index in [1.54, 1.807) is 6.92 Å². The molecule has 21 heavy (non-hydrogen) atoms. The zero-order valence-electron chi connectivity index (χ0n) is 11.6. The standard InChI is InChI=1S/C17H15Cl2NO/c1-10(21)20-17-9-14(12-4-2-3-5-13(12)17)11-6-7-15(18)16(19)8-11/h2-8,14,17H,9H2,1H3,(H,20,21). The summed E-state index contributed by atoms with van der Waals surface area (Å²) >= 11 is 12.1. The highest BCUT2D eigenvalue weighted by Crippen LogP contribution is 2.44. The summed E-state index contributed by atoms with van der Waals surface area (Å²) in [5.74, 6) is 0.220. The molecule has 0 aromatic heterocycles. The van der Waals surface area contributed by atoms with Gasteiger partial charge in [-0.05, 0) is 35.2 Å². The van der Waals surface area contributed by atoms with Crippen molar-refractivity contribution >= 4 is 29.1 Å². The summed E-state index contributed by atoms with van der Waals surface area (Å²) in [6.07, 6.45) is 0.844. The monoisotopic (exact) mass is 319 g/mol. The Morgan fingerprint density at radius 2 is 1.81 bits per heavy atom. The Morgan fingerprint density at radius 1 is 1.10 bits per heavy atom. The van der Waals surface area contributed by atoms with Crippen molar-refractivity contribution < 1.29 is 4.79 Å². The number of hydrogen-bond donors (Lipinski definition) is 1. The Bertz CT molecular complexity index is 699. The predicted molar refractivity (Wildman–Crippen MR) is 85.9 cm³/mol. The second-order valence-corrected chi connectivity index (χ2v) is 6.16. The normalized spacial score (nSPS) is 20.1. The van der Waals surface area contributed by atoms with Crippen molar-refractivity contribution in [2.75, 3.05) is 0 Å². The van der Waals surface area contributed by atoms with Crippen LogP contribution in [-0.2, 0) is 4.79 Å². The third kappa shape index (κ3) is 2.78. The summed E-state index contributed by atoms with van der Waals surface area (Å²) in [6, 6.07) is 14.0. The van der Waals surface area contributed by atoms with Crippen molar-refractivity contribution in [2.45, 2.75) is 25.3 Å². The molecule has 0 radical (unpaired) electrons. The molecule has 2 aromatic rings. The second-order valence-electron chi connectivity index (χ2n) is 5.34. The van der Waals surface area contributed by atoms with E-state index in [2.05, 4.69) is 17.4 Å². The van der Waals surface area contributed by atoms with E-state index in [0.717, 1.165) is 12.0 Å². The van der Waals surface area contributed by atoms with Gasteiger partial charge >= 0.3 is 0 Å². The number of carbonyl (C=O) groups excluding carboxylic acids is 1. The lowest BCUT2D eigenvalue weighted by Crippen LogP contribution is -2.24. The topological polar surface area (TPSA) is 29.1 Å². The van der Waals surface area contributed by atoms with Crippen LogP contribution in [0.2, 0.25) is 10.0 Å². The summed E-state index contributed by atoms with van der Waals surface area (Å²) in [4.78, 5) is 11.4. The molecular weight excluding hydrogens is 305 g/mol. The van der Waals surface area contributed by atoms with Gasteiger partial charge in [0.15, 0.2) is 0 Å². The molecule has 2 atom stereocenters. The van der Waals surface area contributed by atoms with Gasteiger partial charge in [-0.25, -0.2) is 0 Å². The van der Waals surface area contributed by atoms with E-state index in [1.165, 1.54) is 11.1 Å². The zero-order valence-corrected chi connectivity index (χ0v) is 13.1. The lowest BCUT2D eigenvalue weighted by atomic mass is 9.93. The molecule has 0 fully saturated rings. The summed E-state index contributed by atoms with van der Waals surface area (Å²) < 4.78 is 0. The summed E-state index contributed by atoms with van der Waals surface area (Å²) in [5.41, 5.74) is 3.56. The van der Waals surface area contributed by atoms with Crippen molar-refractivity contribution in [1.29, 1.82) is 0 Å².